The summed E-state index contributed by atoms with van der Waals surface area (Å²) < 4.78 is 27.8. The third-order valence-electron chi connectivity index (χ3n) is 3.84. The Bertz CT molecular complexity index is 674. The van der Waals surface area contributed by atoms with Crippen molar-refractivity contribution >= 4 is 33.0 Å². The highest BCUT2D eigenvalue weighted by Gasteiger charge is 2.29. The zero-order valence-electron chi connectivity index (χ0n) is 13.1. The molecule has 2 N–H and O–H groups in total. The van der Waals surface area contributed by atoms with Crippen molar-refractivity contribution in [3.05, 3.63) is 23.2 Å². The number of anilines is 1. The van der Waals surface area contributed by atoms with E-state index in [1.54, 1.807) is 18.2 Å². The van der Waals surface area contributed by atoms with Crippen LogP contribution in [0.1, 0.15) is 6.92 Å². The molecule has 6 nitrogen and oxygen atoms in total. The second kappa shape index (κ2) is 7.51. The van der Waals surface area contributed by atoms with Gasteiger partial charge in [0.15, 0.2) is 9.84 Å². The second-order valence-electron chi connectivity index (χ2n) is 5.82. The van der Waals surface area contributed by atoms with Gasteiger partial charge in [-0.25, -0.2) is 8.42 Å². The van der Waals surface area contributed by atoms with E-state index in [0.717, 1.165) is 19.3 Å². The monoisotopic (exact) mass is 360 g/mol. The summed E-state index contributed by atoms with van der Waals surface area (Å²) >= 11 is 5.97. The summed E-state index contributed by atoms with van der Waals surface area (Å²) in [5, 5.41) is 6.43. The van der Waals surface area contributed by atoms with Crippen LogP contribution >= 0.6 is 11.6 Å². The number of sulfone groups is 1. The van der Waals surface area contributed by atoms with Gasteiger partial charge in [0.2, 0.25) is 5.91 Å². The molecule has 1 aliphatic heterocycles. The average molecular weight is 361 g/mol. The van der Waals surface area contributed by atoms with Crippen molar-refractivity contribution in [1.82, 2.24) is 5.32 Å². The number of rotatable bonds is 7. The van der Waals surface area contributed by atoms with Crippen LogP contribution in [0.2, 0.25) is 5.02 Å². The van der Waals surface area contributed by atoms with Crippen molar-refractivity contribution < 1.29 is 17.9 Å². The molecule has 128 valence electrons. The van der Waals surface area contributed by atoms with Crippen molar-refractivity contribution in [3.63, 3.8) is 0 Å². The Balaban J connectivity index is 2.04. The van der Waals surface area contributed by atoms with Gasteiger partial charge in [0, 0.05) is 17.2 Å². The van der Waals surface area contributed by atoms with E-state index in [4.69, 9.17) is 16.3 Å². The Morgan fingerprint density at radius 1 is 1.48 bits per heavy atom. The number of ether oxygens (including phenoxy) is 1. The number of halogens is 1. The summed E-state index contributed by atoms with van der Waals surface area (Å²) in [6, 6.07) is 4.85. The molecule has 23 heavy (non-hydrogen) atoms. The standard InChI is InChI=1S/C15H21ClN2O4S/c1-10(11-8-17-9-11)15(19)18-13-7-12(16)3-4-14(13)22-5-6-23(2,20)21/h3-4,7,10-11,17H,5-6,8-9H2,1-2H3,(H,18,19). The first-order chi connectivity index (χ1) is 10.8. The Morgan fingerprint density at radius 2 is 2.17 bits per heavy atom. The Morgan fingerprint density at radius 3 is 2.74 bits per heavy atom. The molecule has 1 atom stereocenters. The van der Waals surface area contributed by atoms with Crippen LogP contribution in [-0.2, 0) is 14.6 Å². The van der Waals surface area contributed by atoms with Gasteiger partial charge in [0.05, 0.1) is 11.4 Å². The highest BCUT2D eigenvalue weighted by atomic mass is 35.5. The number of amides is 1. The fraction of sp³-hybridized carbons (Fsp3) is 0.533. The zero-order chi connectivity index (χ0) is 17.0. The first-order valence-electron chi connectivity index (χ1n) is 7.38. The van der Waals surface area contributed by atoms with Gasteiger partial charge in [-0.1, -0.05) is 18.5 Å². The average Bonchev–Trinajstić information content (AvgIpc) is 2.37. The Labute approximate surface area is 141 Å². The van der Waals surface area contributed by atoms with Crippen LogP contribution in [-0.4, -0.2) is 46.0 Å². The molecular formula is C15H21ClN2O4S. The SMILES string of the molecule is CC(C(=O)Nc1cc(Cl)ccc1OCCS(C)(=O)=O)C1CNC1. The highest BCUT2D eigenvalue weighted by molar-refractivity contribution is 7.90. The molecule has 0 spiro atoms. The van der Waals surface area contributed by atoms with Crippen LogP contribution in [0.5, 0.6) is 5.75 Å². The summed E-state index contributed by atoms with van der Waals surface area (Å²) in [4.78, 5) is 12.3. The summed E-state index contributed by atoms with van der Waals surface area (Å²) in [6.45, 7) is 3.57. The molecule has 1 fully saturated rings. The van der Waals surface area contributed by atoms with Gasteiger partial charge in [0.25, 0.3) is 0 Å². The van der Waals surface area contributed by atoms with Crippen molar-refractivity contribution in [2.45, 2.75) is 6.92 Å². The van der Waals surface area contributed by atoms with E-state index in [2.05, 4.69) is 10.6 Å². The molecule has 2 rings (SSSR count). The maximum Gasteiger partial charge on any atom is 0.227 e. The minimum atomic E-state index is -3.10. The molecule has 8 heteroatoms. The summed E-state index contributed by atoms with van der Waals surface area (Å²) in [5.41, 5.74) is 0.454. The number of benzene rings is 1. The van der Waals surface area contributed by atoms with Crippen LogP contribution in [0.3, 0.4) is 0 Å². The molecule has 1 saturated heterocycles. The maximum atomic E-state index is 12.3. The Kier molecular flexibility index (Phi) is 5.89. The lowest BCUT2D eigenvalue weighted by Crippen LogP contribution is -2.48. The van der Waals surface area contributed by atoms with E-state index >= 15 is 0 Å². The first kappa shape index (κ1) is 18.0. The van der Waals surface area contributed by atoms with Gasteiger partial charge < -0.3 is 15.4 Å². The van der Waals surface area contributed by atoms with E-state index in [1.807, 2.05) is 6.92 Å². The van der Waals surface area contributed by atoms with E-state index in [1.165, 1.54) is 0 Å². The number of hydrogen-bond acceptors (Lipinski definition) is 5. The lowest BCUT2D eigenvalue weighted by molar-refractivity contribution is -0.121. The molecule has 1 heterocycles. The minimum Gasteiger partial charge on any atom is -0.490 e. The minimum absolute atomic E-state index is 0.0193. The van der Waals surface area contributed by atoms with Crippen molar-refractivity contribution in [2.75, 3.05) is 37.0 Å². The molecule has 0 radical (unpaired) electrons. The van der Waals surface area contributed by atoms with Crippen LogP contribution < -0.4 is 15.4 Å². The largest absolute Gasteiger partial charge is 0.490 e. The fourth-order valence-electron chi connectivity index (χ4n) is 2.15. The lowest BCUT2D eigenvalue weighted by Gasteiger charge is -2.31. The number of nitrogens with one attached hydrogen (secondary N) is 2. The molecule has 1 amide bonds. The van der Waals surface area contributed by atoms with Gasteiger partial charge in [-0.15, -0.1) is 0 Å². The van der Waals surface area contributed by atoms with E-state index < -0.39 is 9.84 Å². The molecule has 1 aromatic carbocycles. The molecular weight excluding hydrogens is 340 g/mol. The third-order valence-corrected chi connectivity index (χ3v) is 4.99. The molecule has 0 aliphatic carbocycles. The van der Waals surface area contributed by atoms with Gasteiger partial charge >= 0.3 is 0 Å². The Hall–Kier alpha value is -1.31. The second-order valence-corrected chi connectivity index (χ2v) is 8.51. The normalized spacial score (nSPS) is 16.5. The quantitative estimate of drug-likeness (QED) is 0.770. The zero-order valence-corrected chi connectivity index (χ0v) is 14.7. The smallest absolute Gasteiger partial charge is 0.227 e. The molecule has 0 bridgehead atoms. The fourth-order valence-corrected chi connectivity index (χ4v) is 2.71. The maximum absolute atomic E-state index is 12.3. The molecule has 1 unspecified atom stereocenters. The predicted octanol–water partition coefficient (Wildman–Crippen LogP) is 1.56. The van der Waals surface area contributed by atoms with Crippen LogP contribution in [0.4, 0.5) is 5.69 Å². The molecule has 1 aliphatic rings. The van der Waals surface area contributed by atoms with Crippen LogP contribution in [0.25, 0.3) is 0 Å². The summed E-state index contributed by atoms with van der Waals surface area (Å²) in [7, 11) is -3.10. The number of hydrogen-bond donors (Lipinski definition) is 2. The molecule has 1 aromatic rings. The molecule has 0 aromatic heterocycles. The van der Waals surface area contributed by atoms with Crippen molar-refractivity contribution in [2.24, 2.45) is 11.8 Å². The lowest BCUT2D eigenvalue weighted by atomic mass is 9.88. The van der Waals surface area contributed by atoms with Crippen LogP contribution in [0, 0.1) is 11.8 Å². The van der Waals surface area contributed by atoms with E-state index in [9.17, 15) is 13.2 Å². The van der Waals surface area contributed by atoms with Gasteiger partial charge in [-0.05, 0) is 37.2 Å². The van der Waals surface area contributed by atoms with Gasteiger partial charge in [-0.2, -0.15) is 0 Å². The highest BCUT2D eigenvalue weighted by Crippen LogP contribution is 2.29. The van der Waals surface area contributed by atoms with Gasteiger partial charge in [0.1, 0.15) is 12.4 Å². The van der Waals surface area contributed by atoms with Crippen molar-refractivity contribution in [1.29, 1.82) is 0 Å². The van der Waals surface area contributed by atoms with Crippen molar-refractivity contribution in [3.8, 4) is 5.75 Å². The summed E-state index contributed by atoms with van der Waals surface area (Å²) in [6.07, 6.45) is 1.15. The van der Waals surface area contributed by atoms with E-state index in [-0.39, 0.29) is 24.2 Å². The third kappa shape index (κ3) is 5.37. The number of carbonyl (C=O) groups excluding carboxylic acids is 1. The topological polar surface area (TPSA) is 84.5 Å². The van der Waals surface area contributed by atoms with Crippen LogP contribution in [0.15, 0.2) is 18.2 Å². The molecule has 0 saturated carbocycles. The summed E-state index contributed by atoms with van der Waals surface area (Å²) in [5.74, 6) is 0.410. The number of carbonyl (C=O) groups is 1. The van der Waals surface area contributed by atoms with E-state index in [0.29, 0.717) is 22.4 Å². The van der Waals surface area contributed by atoms with Gasteiger partial charge in [-0.3, -0.25) is 4.79 Å². The predicted molar refractivity (Wildman–Crippen MR) is 90.8 cm³/mol. The first-order valence-corrected chi connectivity index (χ1v) is 9.82.